The number of thiophene rings is 1. The van der Waals surface area contributed by atoms with E-state index < -0.39 is 0 Å². The number of likely N-dealkylation sites (N-methyl/N-ethyl adjacent to an activating group) is 1. The summed E-state index contributed by atoms with van der Waals surface area (Å²) in [5, 5.41) is 4.08. The van der Waals surface area contributed by atoms with Gasteiger partial charge in [-0.15, -0.1) is 11.3 Å². The molecule has 1 saturated heterocycles. The number of anilines is 2. The van der Waals surface area contributed by atoms with Crippen molar-refractivity contribution in [2.24, 2.45) is 0 Å². The summed E-state index contributed by atoms with van der Waals surface area (Å²) in [7, 11) is 2.14. The van der Waals surface area contributed by atoms with E-state index in [-0.39, 0.29) is 5.91 Å². The molecular weight excluding hydrogens is 370 g/mol. The molecule has 0 radical (unpaired) electrons. The molecule has 0 unspecified atom stereocenters. The average Bonchev–Trinajstić information content (AvgIpc) is 3.03. The number of benzene rings is 1. The van der Waals surface area contributed by atoms with Crippen molar-refractivity contribution < 1.29 is 4.79 Å². The Kier molecular flexibility index (Phi) is 5.03. The molecule has 28 heavy (non-hydrogen) atoms. The standard InChI is InChI=1S/C21H25N5OS/c1-13-6-5-7-16(14(13)2)24-20(27)18-15(3)17-19(22-12-23-21(17)28-18)26-10-8-25(4)9-11-26/h5-7,12H,8-11H2,1-4H3,(H,24,27). The number of rotatable bonds is 3. The fourth-order valence-corrected chi connectivity index (χ4v) is 4.63. The van der Waals surface area contributed by atoms with Gasteiger partial charge in [0.15, 0.2) is 0 Å². The van der Waals surface area contributed by atoms with Gasteiger partial charge in [0.2, 0.25) is 0 Å². The van der Waals surface area contributed by atoms with Crippen LogP contribution in [0.2, 0.25) is 0 Å². The quantitative estimate of drug-likeness (QED) is 0.734. The molecule has 0 spiro atoms. The Morgan fingerprint density at radius 3 is 2.57 bits per heavy atom. The second-order valence-electron chi connectivity index (χ2n) is 7.43. The number of nitrogens with one attached hydrogen (secondary N) is 1. The second-order valence-corrected chi connectivity index (χ2v) is 8.42. The molecule has 3 aromatic rings. The number of carbonyl (C=O) groups excluding carboxylic acids is 1. The van der Waals surface area contributed by atoms with Crippen LogP contribution in [0.25, 0.3) is 10.2 Å². The predicted molar refractivity (Wildman–Crippen MR) is 116 cm³/mol. The van der Waals surface area contributed by atoms with E-state index in [2.05, 4.69) is 32.1 Å². The van der Waals surface area contributed by atoms with Gasteiger partial charge in [-0.3, -0.25) is 4.79 Å². The molecule has 1 aliphatic rings. The van der Waals surface area contributed by atoms with Crippen molar-refractivity contribution in [3.63, 3.8) is 0 Å². The highest BCUT2D eigenvalue weighted by Gasteiger charge is 2.24. The Labute approximate surface area is 169 Å². The van der Waals surface area contributed by atoms with Crippen molar-refractivity contribution in [1.82, 2.24) is 14.9 Å². The van der Waals surface area contributed by atoms with Crippen LogP contribution in [0.3, 0.4) is 0 Å². The average molecular weight is 396 g/mol. The minimum Gasteiger partial charge on any atom is -0.353 e. The number of aromatic nitrogens is 2. The zero-order chi connectivity index (χ0) is 19.8. The van der Waals surface area contributed by atoms with E-state index in [0.717, 1.165) is 64.6 Å². The predicted octanol–water partition coefficient (Wildman–Crippen LogP) is 3.62. The number of hydrogen-bond donors (Lipinski definition) is 1. The lowest BCUT2D eigenvalue weighted by atomic mass is 10.1. The summed E-state index contributed by atoms with van der Waals surface area (Å²) in [6, 6.07) is 5.96. The highest BCUT2D eigenvalue weighted by molar-refractivity contribution is 7.20. The van der Waals surface area contributed by atoms with Crippen LogP contribution in [0, 0.1) is 20.8 Å². The number of amides is 1. The smallest absolute Gasteiger partial charge is 0.266 e. The van der Waals surface area contributed by atoms with E-state index in [4.69, 9.17) is 0 Å². The van der Waals surface area contributed by atoms with Gasteiger partial charge < -0.3 is 15.1 Å². The van der Waals surface area contributed by atoms with E-state index >= 15 is 0 Å². The lowest BCUT2D eigenvalue weighted by molar-refractivity contribution is 0.103. The first-order valence-corrected chi connectivity index (χ1v) is 10.3. The maximum atomic E-state index is 13.0. The normalized spacial score (nSPS) is 15.2. The SMILES string of the molecule is Cc1cccc(NC(=O)c2sc3ncnc(N4CCN(C)CC4)c3c2C)c1C. The Bertz CT molecular complexity index is 1040. The van der Waals surface area contributed by atoms with Crippen LogP contribution in [0.4, 0.5) is 11.5 Å². The summed E-state index contributed by atoms with van der Waals surface area (Å²) >= 11 is 1.44. The second kappa shape index (κ2) is 7.48. The van der Waals surface area contributed by atoms with Gasteiger partial charge in [0.05, 0.1) is 10.3 Å². The van der Waals surface area contributed by atoms with Gasteiger partial charge in [-0.05, 0) is 50.6 Å². The third kappa shape index (κ3) is 3.36. The summed E-state index contributed by atoms with van der Waals surface area (Å²) < 4.78 is 0. The van der Waals surface area contributed by atoms with Crippen LogP contribution >= 0.6 is 11.3 Å². The van der Waals surface area contributed by atoms with Crippen LogP contribution in [-0.4, -0.2) is 54.0 Å². The molecule has 146 valence electrons. The van der Waals surface area contributed by atoms with Crippen LogP contribution < -0.4 is 10.2 Å². The first-order chi connectivity index (χ1) is 13.5. The zero-order valence-electron chi connectivity index (χ0n) is 16.7. The molecular formula is C21H25N5OS. The van der Waals surface area contributed by atoms with E-state index in [9.17, 15) is 4.79 Å². The molecule has 2 aromatic heterocycles. The number of aryl methyl sites for hydroxylation is 2. The van der Waals surface area contributed by atoms with Gasteiger partial charge in [-0.2, -0.15) is 0 Å². The minimum atomic E-state index is -0.0847. The lowest BCUT2D eigenvalue weighted by Gasteiger charge is -2.33. The van der Waals surface area contributed by atoms with E-state index in [1.807, 2.05) is 39.0 Å². The summed E-state index contributed by atoms with van der Waals surface area (Å²) in [5.74, 6) is 0.858. The molecule has 1 fully saturated rings. The van der Waals surface area contributed by atoms with Crippen molar-refractivity contribution in [2.75, 3.05) is 43.4 Å². The maximum Gasteiger partial charge on any atom is 0.266 e. The van der Waals surface area contributed by atoms with Crippen molar-refractivity contribution in [3.8, 4) is 0 Å². The van der Waals surface area contributed by atoms with E-state index in [1.165, 1.54) is 11.3 Å². The molecule has 1 aromatic carbocycles. The molecule has 0 bridgehead atoms. The molecule has 1 N–H and O–H groups in total. The molecule has 6 nitrogen and oxygen atoms in total. The first kappa shape index (κ1) is 18.8. The van der Waals surface area contributed by atoms with Crippen LogP contribution in [-0.2, 0) is 0 Å². The van der Waals surface area contributed by atoms with Gasteiger partial charge in [-0.1, -0.05) is 12.1 Å². The summed E-state index contributed by atoms with van der Waals surface area (Å²) in [5.41, 5.74) is 4.06. The number of piperazine rings is 1. The monoisotopic (exact) mass is 395 g/mol. The van der Waals surface area contributed by atoms with E-state index in [0.29, 0.717) is 4.88 Å². The van der Waals surface area contributed by atoms with Gasteiger partial charge in [-0.25, -0.2) is 9.97 Å². The Morgan fingerprint density at radius 2 is 1.82 bits per heavy atom. The summed E-state index contributed by atoms with van der Waals surface area (Å²) in [6.07, 6.45) is 1.61. The molecule has 0 saturated carbocycles. The largest absolute Gasteiger partial charge is 0.353 e. The van der Waals surface area contributed by atoms with Gasteiger partial charge >= 0.3 is 0 Å². The van der Waals surface area contributed by atoms with Gasteiger partial charge in [0, 0.05) is 31.9 Å². The minimum absolute atomic E-state index is 0.0847. The zero-order valence-corrected chi connectivity index (χ0v) is 17.6. The number of carbonyl (C=O) groups is 1. The Morgan fingerprint density at radius 1 is 1.07 bits per heavy atom. The summed E-state index contributed by atoms with van der Waals surface area (Å²) in [4.78, 5) is 28.2. The van der Waals surface area contributed by atoms with Crippen molar-refractivity contribution in [3.05, 3.63) is 46.1 Å². The van der Waals surface area contributed by atoms with Crippen LogP contribution in [0.5, 0.6) is 0 Å². The molecule has 4 rings (SSSR count). The highest BCUT2D eigenvalue weighted by Crippen LogP contribution is 2.35. The number of hydrogen-bond acceptors (Lipinski definition) is 6. The van der Waals surface area contributed by atoms with Crippen LogP contribution in [0.15, 0.2) is 24.5 Å². The van der Waals surface area contributed by atoms with E-state index in [1.54, 1.807) is 6.33 Å². The maximum absolute atomic E-state index is 13.0. The third-order valence-electron chi connectivity index (χ3n) is 5.57. The Hall–Kier alpha value is -2.51. The fourth-order valence-electron chi connectivity index (χ4n) is 3.59. The Balaban J connectivity index is 1.69. The van der Waals surface area contributed by atoms with Crippen molar-refractivity contribution >= 4 is 39.0 Å². The third-order valence-corrected chi connectivity index (χ3v) is 6.77. The van der Waals surface area contributed by atoms with Gasteiger partial charge in [0.25, 0.3) is 5.91 Å². The van der Waals surface area contributed by atoms with Crippen molar-refractivity contribution in [2.45, 2.75) is 20.8 Å². The molecule has 1 amide bonds. The lowest BCUT2D eigenvalue weighted by Crippen LogP contribution is -2.44. The molecule has 3 heterocycles. The van der Waals surface area contributed by atoms with Crippen molar-refractivity contribution in [1.29, 1.82) is 0 Å². The molecule has 7 heteroatoms. The fraction of sp³-hybridized carbons (Fsp3) is 0.381. The highest BCUT2D eigenvalue weighted by atomic mass is 32.1. The first-order valence-electron chi connectivity index (χ1n) is 9.51. The number of nitrogens with zero attached hydrogens (tertiary/aromatic N) is 4. The molecule has 0 aliphatic carbocycles. The van der Waals surface area contributed by atoms with Crippen LogP contribution in [0.1, 0.15) is 26.4 Å². The molecule has 1 aliphatic heterocycles. The number of fused-ring (bicyclic) bond motifs is 1. The summed E-state index contributed by atoms with van der Waals surface area (Å²) in [6.45, 7) is 9.96. The molecule has 0 atom stereocenters. The topological polar surface area (TPSA) is 61.4 Å². The van der Waals surface area contributed by atoms with Gasteiger partial charge in [0.1, 0.15) is 17.0 Å².